The van der Waals surface area contributed by atoms with Crippen LogP contribution in [0.2, 0.25) is 0 Å². The Morgan fingerprint density at radius 2 is 1.25 bits per heavy atom. The summed E-state index contributed by atoms with van der Waals surface area (Å²) >= 11 is 0. The van der Waals surface area contributed by atoms with E-state index in [4.69, 9.17) is 23.7 Å². The summed E-state index contributed by atoms with van der Waals surface area (Å²) in [7, 11) is 2.03. The zero-order valence-corrected chi connectivity index (χ0v) is 38.7. The summed E-state index contributed by atoms with van der Waals surface area (Å²) in [5.74, 6) is -4.27. The normalized spacial score (nSPS) is 13.1. The molecule has 0 saturated heterocycles. The number of aryl methyl sites for hydroxylation is 1. The average molecular weight is 894 g/mol. The summed E-state index contributed by atoms with van der Waals surface area (Å²) in [4.78, 5) is 73.2. The number of rotatable bonds is 24. The molecule has 2 aromatic rings. The highest BCUT2D eigenvalue weighted by atomic mass is 19.1. The maximum Gasteiger partial charge on any atom is 0.417 e. The highest BCUT2D eigenvalue weighted by Crippen LogP contribution is 2.42. The maximum absolute atomic E-state index is 16.6. The van der Waals surface area contributed by atoms with Gasteiger partial charge in [-0.25, -0.2) is 33.2 Å². The van der Waals surface area contributed by atoms with Crippen LogP contribution in [0.3, 0.4) is 0 Å². The zero-order valence-electron chi connectivity index (χ0n) is 38.7. The quantitative estimate of drug-likeness (QED) is 0.0323. The van der Waals surface area contributed by atoms with E-state index in [1.807, 2.05) is 25.1 Å². The van der Waals surface area contributed by atoms with Gasteiger partial charge in [0.1, 0.15) is 31.4 Å². The van der Waals surface area contributed by atoms with Gasteiger partial charge in [0.2, 0.25) is 0 Å². The number of ether oxygens (including phenoxy) is 7. The Morgan fingerprint density at radius 3 is 1.75 bits per heavy atom. The van der Waals surface area contributed by atoms with Gasteiger partial charge in [-0.2, -0.15) is 0 Å². The Balaban J connectivity index is 2.15. The first-order chi connectivity index (χ1) is 30.5. The molecule has 0 heterocycles. The molecule has 64 heavy (non-hydrogen) atoms. The van der Waals surface area contributed by atoms with Crippen molar-refractivity contribution in [2.24, 2.45) is 11.3 Å². The number of benzene rings is 2. The van der Waals surface area contributed by atoms with E-state index in [0.29, 0.717) is 59.6 Å². The molecule has 0 atom stereocenters. The lowest BCUT2D eigenvalue weighted by Gasteiger charge is -2.30. The Labute approximate surface area is 377 Å². The molecule has 0 unspecified atom stereocenters. The molecule has 0 amide bonds. The van der Waals surface area contributed by atoms with Gasteiger partial charge < -0.3 is 33.2 Å². The molecule has 0 aliphatic heterocycles. The van der Waals surface area contributed by atoms with Gasteiger partial charge >= 0.3 is 35.8 Å². The molecule has 0 aromatic heterocycles. The van der Waals surface area contributed by atoms with Crippen molar-refractivity contribution in [1.29, 1.82) is 0 Å². The van der Waals surface area contributed by atoms with Crippen LogP contribution in [0.1, 0.15) is 121 Å². The average Bonchev–Trinajstić information content (AvgIpc) is 3.28. The smallest absolute Gasteiger partial charge is 0.417 e. The summed E-state index contributed by atoms with van der Waals surface area (Å²) in [6, 6.07) is 7.28. The Morgan fingerprint density at radius 1 is 0.688 bits per heavy atom. The van der Waals surface area contributed by atoms with E-state index in [-0.39, 0.29) is 43.2 Å². The Kier molecular flexibility index (Phi) is 21.7. The lowest BCUT2D eigenvalue weighted by Crippen LogP contribution is -2.39. The second-order valence-electron chi connectivity index (χ2n) is 16.7. The van der Waals surface area contributed by atoms with Crippen LogP contribution in [0.15, 0.2) is 48.6 Å². The topological polar surface area (TPSA) is 167 Å². The molecule has 0 bridgehead atoms. The minimum absolute atomic E-state index is 0.0357. The second kappa shape index (κ2) is 26.3. The van der Waals surface area contributed by atoms with Crippen molar-refractivity contribution in [3.63, 3.8) is 0 Å². The Hall–Kier alpha value is -5.53. The van der Waals surface area contributed by atoms with Crippen molar-refractivity contribution in [3.05, 3.63) is 82.6 Å². The minimum atomic E-state index is -1.37. The van der Waals surface area contributed by atoms with Crippen molar-refractivity contribution >= 4 is 35.8 Å². The molecule has 1 fully saturated rings. The fourth-order valence-electron chi connectivity index (χ4n) is 7.56. The predicted octanol–water partition coefficient (Wildman–Crippen LogP) is 8.67. The van der Waals surface area contributed by atoms with Gasteiger partial charge in [-0.15, -0.1) is 0 Å². The molecule has 13 nitrogen and oxygen atoms in total. The standard InChI is InChI=1S/C50H66FO13/c1-10-12-13-16-34-19-21-35(22-20-34)36-23-24-39(42(51)28-36)41-27-37(17-14-25-60-44(52)32(3)4)43(40(38(41)11-2)18-15-26-61-45(53)33(5)6)62-29-50(7,30-63-48(56)46(54)58-8)31-64-49(57)47(55)59-9/h23-24,27-28,34H,3,5,10-22,25-26,29-31H2,1-2,4,6-9H3. The number of hydrogen-bond acceptors (Lipinski definition) is 13. The van der Waals surface area contributed by atoms with Crippen molar-refractivity contribution in [1.82, 2.24) is 0 Å². The van der Waals surface area contributed by atoms with Gasteiger partial charge in [0.25, 0.3) is 0 Å². The number of methoxy groups -OCH3 is 2. The molecule has 1 aliphatic rings. The Bertz CT molecular complexity index is 1950. The van der Waals surface area contributed by atoms with Crippen LogP contribution in [0.25, 0.3) is 11.1 Å². The monoisotopic (exact) mass is 893 g/mol. The first-order valence-corrected chi connectivity index (χ1v) is 22.1. The van der Waals surface area contributed by atoms with Crippen molar-refractivity contribution in [2.45, 2.75) is 118 Å². The summed E-state index contributed by atoms with van der Waals surface area (Å²) in [5, 5.41) is 0. The molecule has 1 saturated carbocycles. The SMILES string of the molecule is C=C(C)C(=O)OCCCc1cc(-c2ccc([C]3CCC(CCCCC)CC3)cc2F)c(CC)c(CCCOC(=O)C(=C)C)c1OCC(C)(COC(=O)C(=O)OC)COC(=O)C(=O)OC. The van der Waals surface area contributed by atoms with Crippen molar-refractivity contribution in [2.75, 3.05) is 47.3 Å². The minimum Gasteiger partial charge on any atom is -0.492 e. The fraction of sp³-hybridized carbons (Fsp3) is 0.540. The zero-order chi connectivity index (χ0) is 47.4. The van der Waals surface area contributed by atoms with Crippen LogP contribution in [0, 0.1) is 23.1 Å². The van der Waals surface area contributed by atoms with E-state index in [9.17, 15) is 28.8 Å². The molecule has 0 N–H and O–H groups in total. The summed E-state index contributed by atoms with van der Waals surface area (Å²) in [6.07, 6.45) is 10.7. The molecule has 14 heteroatoms. The van der Waals surface area contributed by atoms with Crippen molar-refractivity contribution in [3.8, 4) is 16.9 Å². The number of carbonyl (C=O) groups is 6. The first-order valence-electron chi connectivity index (χ1n) is 22.1. The van der Waals surface area contributed by atoms with E-state index in [1.165, 1.54) is 31.6 Å². The summed E-state index contributed by atoms with van der Waals surface area (Å²) < 4.78 is 53.5. The second-order valence-corrected chi connectivity index (χ2v) is 16.7. The third-order valence-electron chi connectivity index (χ3n) is 11.2. The van der Waals surface area contributed by atoms with Gasteiger partial charge in [0, 0.05) is 22.6 Å². The lowest BCUT2D eigenvalue weighted by atomic mass is 9.76. The van der Waals surface area contributed by atoms with Crippen molar-refractivity contribution < 1.29 is 66.3 Å². The van der Waals surface area contributed by atoms with Gasteiger partial charge in [0.05, 0.1) is 32.8 Å². The number of esters is 6. The van der Waals surface area contributed by atoms with E-state index in [2.05, 4.69) is 29.6 Å². The number of unbranched alkanes of at least 4 members (excludes halogenated alkanes) is 2. The molecule has 351 valence electrons. The largest absolute Gasteiger partial charge is 0.492 e. The molecular formula is C50H66FO13. The van der Waals surface area contributed by atoms with E-state index >= 15 is 4.39 Å². The molecular weight excluding hydrogens is 828 g/mol. The fourth-order valence-corrected chi connectivity index (χ4v) is 7.56. The van der Waals surface area contributed by atoms with Gasteiger partial charge in [0.15, 0.2) is 0 Å². The van der Waals surface area contributed by atoms with Gasteiger partial charge in [-0.05, 0) is 124 Å². The highest BCUT2D eigenvalue weighted by molar-refractivity contribution is 6.30. The van der Waals surface area contributed by atoms with Crippen LogP contribution in [-0.2, 0) is 76.5 Å². The van der Waals surface area contributed by atoms with Crippen LogP contribution in [0.5, 0.6) is 5.75 Å². The van der Waals surface area contributed by atoms with E-state index in [1.54, 1.807) is 26.8 Å². The number of hydrogen-bond donors (Lipinski definition) is 0. The van der Waals surface area contributed by atoms with Gasteiger partial charge in [-0.3, -0.25) is 0 Å². The number of halogens is 1. The molecule has 1 radical (unpaired) electrons. The van der Waals surface area contributed by atoms with Crippen LogP contribution in [-0.4, -0.2) is 83.1 Å². The molecule has 1 aliphatic carbocycles. The third-order valence-corrected chi connectivity index (χ3v) is 11.2. The predicted molar refractivity (Wildman–Crippen MR) is 237 cm³/mol. The van der Waals surface area contributed by atoms with Gasteiger partial charge in [-0.1, -0.05) is 64.8 Å². The molecule has 2 aromatic carbocycles. The molecule has 0 spiro atoms. The van der Waals surface area contributed by atoms with Crippen LogP contribution >= 0.6 is 0 Å². The maximum atomic E-state index is 16.6. The summed E-state index contributed by atoms with van der Waals surface area (Å²) in [6.45, 7) is 14.9. The first kappa shape index (κ1) is 52.8. The van der Waals surface area contributed by atoms with Crippen LogP contribution < -0.4 is 4.74 Å². The van der Waals surface area contributed by atoms with E-state index < -0.39 is 54.4 Å². The number of carbonyl (C=O) groups excluding carboxylic acids is 6. The molecule has 3 rings (SSSR count). The van der Waals surface area contributed by atoms with Crippen LogP contribution in [0.4, 0.5) is 4.39 Å². The third kappa shape index (κ3) is 15.9. The summed E-state index contributed by atoms with van der Waals surface area (Å²) in [5.41, 5.74) is 3.10. The highest BCUT2D eigenvalue weighted by Gasteiger charge is 2.34. The van der Waals surface area contributed by atoms with E-state index in [0.717, 1.165) is 51.0 Å². The lowest BCUT2D eigenvalue weighted by molar-refractivity contribution is -0.173.